The second-order valence-corrected chi connectivity index (χ2v) is 7.40. The van der Waals surface area contributed by atoms with Gasteiger partial charge in [0, 0.05) is 12.1 Å². The molecule has 0 aromatic heterocycles. The van der Waals surface area contributed by atoms with Crippen LogP contribution < -0.4 is 5.32 Å². The highest BCUT2D eigenvalue weighted by Crippen LogP contribution is 2.49. The van der Waals surface area contributed by atoms with E-state index in [0.29, 0.717) is 6.04 Å². The van der Waals surface area contributed by atoms with Crippen LogP contribution in [0.2, 0.25) is 0 Å². The van der Waals surface area contributed by atoms with E-state index in [1.54, 1.807) is 0 Å². The van der Waals surface area contributed by atoms with Gasteiger partial charge in [-0.15, -0.1) is 0 Å². The summed E-state index contributed by atoms with van der Waals surface area (Å²) in [5.41, 5.74) is 2.23. The van der Waals surface area contributed by atoms with Crippen LogP contribution in [0.15, 0.2) is 30.3 Å². The molecule has 1 aromatic rings. The summed E-state index contributed by atoms with van der Waals surface area (Å²) in [5, 5.41) is 3.98. The Bertz CT molecular complexity index is 409. The maximum absolute atomic E-state index is 3.98. The van der Waals surface area contributed by atoms with Gasteiger partial charge in [0.15, 0.2) is 0 Å². The fourth-order valence-electron chi connectivity index (χ4n) is 4.63. The van der Waals surface area contributed by atoms with Crippen LogP contribution in [0, 0.1) is 5.41 Å². The van der Waals surface area contributed by atoms with Crippen molar-refractivity contribution < 1.29 is 0 Å². The van der Waals surface area contributed by atoms with Crippen molar-refractivity contribution in [3.8, 4) is 0 Å². The van der Waals surface area contributed by atoms with E-state index in [0.717, 1.165) is 11.5 Å². The molecule has 0 heterocycles. The first kappa shape index (κ1) is 15.1. The van der Waals surface area contributed by atoms with E-state index in [9.17, 15) is 0 Å². The van der Waals surface area contributed by atoms with Crippen molar-refractivity contribution in [1.82, 2.24) is 5.32 Å². The van der Waals surface area contributed by atoms with Crippen molar-refractivity contribution >= 4 is 0 Å². The molecular weight excluding hydrogens is 254 g/mol. The van der Waals surface area contributed by atoms with E-state index in [2.05, 4.69) is 42.6 Å². The van der Waals surface area contributed by atoms with Gasteiger partial charge in [-0.3, -0.25) is 0 Å². The van der Waals surface area contributed by atoms with Gasteiger partial charge in [0.05, 0.1) is 0 Å². The van der Waals surface area contributed by atoms with E-state index < -0.39 is 0 Å². The predicted octanol–water partition coefficient (Wildman–Crippen LogP) is 5.62. The van der Waals surface area contributed by atoms with E-state index >= 15 is 0 Å². The Morgan fingerprint density at radius 3 is 2.33 bits per heavy atom. The molecule has 1 atom stereocenters. The first-order valence-corrected chi connectivity index (χ1v) is 9.12. The van der Waals surface area contributed by atoms with Crippen molar-refractivity contribution in [1.29, 1.82) is 0 Å². The summed E-state index contributed by atoms with van der Waals surface area (Å²) in [6, 6.07) is 12.3. The molecule has 2 saturated carbocycles. The highest BCUT2D eigenvalue weighted by atomic mass is 15.0. The maximum Gasteiger partial charge on any atom is 0.0322 e. The van der Waals surface area contributed by atoms with Gasteiger partial charge in [-0.1, -0.05) is 56.5 Å². The zero-order valence-corrected chi connectivity index (χ0v) is 13.6. The van der Waals surface area contributed by atoms with E-state index in [4.69, 9.17) is 0 Å². The summed E-state index contributed by atoms with van der Waals surface area (Å²) in [4.78, 5) is 0. The van der Waals surface area contributed by atoms with Crippen LogP contribution in [-0.4, -0.2) is 6.04 Å². The van der Waals surface area contributed by atoms with Crippen LogP contribution in [0.25, 0.3) is 0 Å². The largest absolute Gasteiger partial charge is 0.307 e. The van der Waals surface area contributed by atoms with Gasteiger partial charge in [0.25, 0.3) is 0 Å². The molecule has 1 N–H and O–H groups in total. The third kappa shape index (κ3) is 3.69. The Hall–Kier alpha value is -0.820. The molecule has 0 bridgehead atoms. The minimum absolute atomic E-state index is 0.554. The molecule has 0 saturated heterocycles. The Morgan fingerprint density at radius 2 is 1.71 bits per heavy atom. The van der Waals surface area contributed by atoms with Gasteiger partial charge < -0.3 is 5.32 Å². The van der Waals surface area contributed by atoms with Crippen molar-refractivity contribution in [3.05, 3.63) is 35.9 Å². The second-order valence-electron chi connectivity index (χ2n) is 7.40. The molecule has 1 nitrogen and oxygen atoms in total. The molecule has 0 aliphatic heterocycles. The molecule has 21 heavy (non-hydrogen) atoms. The highest BCUT2D eigenvalue weighted by molar-refractivity contribution is 5.19. The van der Waals surface area contributed by atoms with Crippen LogP contribution >= 0.6 is 0 Å². The summed E-state index contributed by atoms with van der Waals surface area (Å²) in [7, 11) is 0. The summed E-state index contributed by atoms with van der Waals surface area (Å²) >= 11 is 0. The zero-order valence-electron chi connectivity index (χ0n) is 13.6. The van der Waals surface area contributed by atoms with E-state index in [1.807, 2.05) is 0 Å². The van der Waals surface area contributed by atoms with E-state index in [1.165, 1.54) is 69.8 Å². The summed E-state index contributed by atoms with van der Waals surface area (Å²) in [6.45, 7) is 2.30. The molecule has 1 heteroatoms. The molecule has 0 radical (unpaired) electrons. The molecule has 2 aliphatic carbocycles. The standard InChI is InChI=1S/C20H31N/c1-2-8-19(17-9-4-3-5-10-17)21-18-11-15-20(16-12-18)13-6-7-14-20/h3-5,9-10,18-19,21H,2,6-8,11-16H2,1H3. The van der Waals surface area contributed by atoms with Gasteiger partial charge in [0.2, 0.25) is 0 Å². The monoisotopic (exact) mass is 285 g/mol. The fourth-order valence-corrected chi connectivity index (χ4v) is 4.63. The molecule has 2 aliphatic rings. The third-order valence-corrected chi connectivity index (χ3v) is 5.93. The second kappa shape index (κ2) is 6.96. The molecule has 2 fully saturated rings. The average Bonchev–Trinajstić information content (AvgIpc) is 2.98. The summed E-state index contributed by atoms with van der Waals surface area (Å²) < 4.78 is 0. The molecular formula is C20H31N. The van der Waals surface area contributed by atoms with Gasteiger partial charge in [-0.05, 0) is 55.9 Å². The van der Waals surface area contributed by atoms with Gasteiger partial charge in [-0.25, -0.2) is 0 Å². The smallest absolute Gasteiger partial charge is 0.0322 e. The number of nitrogens with one attached hydrogen (secondary N) is 1. The van der Waals surface area contributed by atoms with Crippen molar-refractivity contribution in [2.24, 2.45) is 5.41 Å². The van der Waals surface area contributed by atoms with Crippen molar-refractivity contribution in [2.45, 2.75) is 83.2 Å². The lowest BCUT2D eigenvalue weighted by Gasteiger charge is -2.39. The average molecular weight is 285 g/mol. The third-order valence-electron chi connectivity index (χ3n) is 5.93. The number of hydrogen-bond acceptors (Lipinski definition) is 1. The fraction of sp³-hybridized carbons (Fsp3) is 0.700. The molecule has 116 valence electrons. The molecule has 0 amide bonds. The van der Waals surface area contributed by atoms with Crippen molar-refractivity contribution in [2.75, 3.05) is 0 Å². The first-order chi connectivity index (χ1) is 10.3. The lowest BCUT2D eigenvalue weighted by molar-refractivity contribution is 0.161. The van der Waals surface area contributed by atoms with Crippen molar-refractivity contribution in [3.63, 3.8) is 0 Å². The minimum Gasteiger partial charge on any atom is -0.307 e. The van der Waals surface area contributed by atoms with Gasteiger partial charge in [-0.2, -0.15) is 0 Å². The van der Waals surface area contributed by atoms with Gasteiger partial charge in [0.1, 0.15) is 0 Å². The van der Waals surface area contributed by atoms with Crippen LogP contribution in [0.4, 0.5) is 0 Å². The Morgan fingerprint density at radius 1 is 1.05 bits per heavy atom. The summed E-state index contributed by atoms with van der Waals surface area (Å²) in [6.07, 6.45) is 14.2. The van der Waals surface area contributed by atoms with Crippen LogP contribution in [-0.2, 0) is 0 Å². The zero-order chi connectivity index (χ0) is 14.5. The number of rotatable bonds is 5. The topological polar surface area (TPSA) is 12.0 Å². The number of benzene rings is 1. The predicted molar refractivity (Wildman–Crippen MR) is 90.4 cm³/mol. The highest BCUT2D eigenvalue weighted by Gasteiger charge is 2.37. The molecule has 1 spiro atoms. The number of hydrogen-bond donors (Lipinski definition) is 1. The van der Waals surface area contributed by atoms with Crippen LogP contribution in [0.3, 0.4) is 0 Å². The minimum atomic E-state index is 0.554. The van der Waals surface area contributed by atoms with E-state index in [-0.39, 0.29) is 0 Å². The lowest BCUT2D eigenvalue weighted by atomic mass is 9.71. The van der Waals surface area contributed by atoms with Crippen LogP contribution in [0.5, 0.6) is 0 Å². The maximum atomic E-state index is 3.98. The first-order valence-electron chi connectivity index (χ1n) is 9.12. The Balaban J connectivity index is 1.57. The molecule has 3 rings (SSSR count). The SMILES string of the molecule is CCCC(NC1CCC2(CCCC2)CC1)c1ccccc1. The van der Waals surface area contributed by atoms with Crippen LogP contribution in [0.1, 0.15) is 82.7 Å². The molecule has 1 aromatic carbocycles. The normalized spacial score (nSPS) is 23.5. The Kier molecular flexibility index (Phi) is 5.00. The lowest BCUT2D eigenvalue weighted by Crippen LogP contribution is -2.38. The quantitative estimate of drug-likeness (QED) is 0.740. The summed E-state index contributed by atoms with van der Waals surface area (Å²) in [5.74, 6) is 0. The Labute approximate surface area is 130 Å². The molecule has 1 unspecified atom stereocenters. The van der Waals surface area contributed by atoms with Gasteiger partial charge >= 0.3 is 0 Å².